The summed E-state index contributed by atoms with van der Waals surface area (Å²) >= 11 is 12.9. The van der Waals surface area contributed by atoms with Gasteiger partial charge in [-0.1, -0.05) is 77.8 Å². The molecule has 4 atom stereocenters. The number of imide groups is 1. The highest BCUT2D eigenvalue weighted by molar-refractivity contribution is 6.36. The number of aromatic nitrogens is 5. The van der Waals surface area contributed by atoms with Gasteiger partial charge >= 0.3 is 11.4 Å². The van der Waals surface area contributed by atoms with Gasteiger partial charge in [0.2, 0.25) is 0 Å². The molecule has 4 heterocycles. The predicted octanol–water partition coefficient (Wildman–Crippen LogP) is 6.54. The first-order valence-corrected chi connectivity index (χ1v) is 23.0. The molecule has 4 unspecified atom stereocenters. The number of rotatable bonds is 13. The number of fused-ring (bicyclic) bond motifs is 5. The van der Waals surface area contributed by atoms with Gasteiger partial charge in [-0.2, -0.15) is 5.01 Å². The Bertz CT molecular complexity index is 3480. The number of nitrogens with zero attached hydrogens (tertiary/aromatic N) is 6. The monoisotopic (exact) mass is 985 g/mol. The highest BCUT2D eigenvalue weighted by atomic mass is 35.5. The first kappa shape index (κ1) is 46.0. The average molecular weight is 987 g/mol. The Kier molecular flexibility index (Phi) is 11.8. The lowest BCUT2D eigenvalue weighted by Crippen LogP contribution is -2.53. The minimum Gasteiger partial charge on any atom is -0.508 e. The fourth-order valence-corrected chi connectivity index (χ4v) is 10.8. The Hall–Kier alpha value is -7.76. The van der Waals surface area contributed by atoms with Gasteiger partial charge in [-0.3, -0.25) is 19.8 Å². The van der Waals surface area contributed by atoms with Crippen molar-refractivity contribution in [3.05, 3.63) is 179 Å². The number of aryl methyl sites for hydroxylation is 2. The van der Waals surface area contributed by atoms with Crippen LogP contribution in [0.1, 0.15) is 40.8 Å². The summed E-state index contributed by atoms with van der Waals surface area (Å²) in [7, 11) is 6.08. The molecule has 1 saturated carbocycles. The molecule has 70 heavy (non-hydrogen) atoms. The minimum absolute atomic E-state index is 0.0830. The molecular formula is C51H45Cl2N7O10. The molecule has 17 nitrogen and oxygen atoms in total. The highest BCUT2D eigenvalue weighted by Crippen LogP contribution is 2.63. The third-order valence-corrected chi connectivity index (χ3v) is 14.3. The molecule has 2 aromatic heterocycles. The third kappa shape index (κ3) is 7.38. The van der Waals surface area contributed by atoms with Crippen molar-refractivity contribution >= 4 is 51.7 Å². The molecule has 19 heteroatoms. The number of hydrazine groups is 1. The van der Waals surface area contributed by atoms with Crippen molar-refractivity contribution in [2.75, 3.05) is 26.8 Å². The summed E-state index contributed by atoms with van der Waals surface area (Å²) in [4.78, 5) is 78.5. The van der Waals surface area contributed by atoms with E-state index in [1.54, 1.807) is 73.8 Å². The molecule has 1 saturated heterocycles. The van der Waals surface area contributed by atoms with Crippen molar-refractivity contribution in [3.8, 4) is 28.7 Å². The number of benzene rings is 5. The van der Waals surface area contributed by atoms with Crippen LogP contribution < -0.4 is 41.3 Å². The lowest BCUT2D eigenvalue weighted by atomic mass is 9.53. The number of ether oxygens (including phenoxy) is 4. The smallest absolute Gasteiger partial charge is 0.347 e. The predicted molar refractivity (Wildman–Crippen MR) is 260 cm³/mol. The molecule has 358 valence electrons. The first-order chi connectivity index (χ1) is 33.8. The molecule has 2 fully saturated rings. The van der Waals surface area contributed by atoms with Crippen LogP contribution in [0.5, 0.6) is 28.7 Å². The van der Waals surface area contributed by atoms with Crippen LogP contribution in [0.4, 0.5) is 5.69 Å². The van der Waals surface area contributed by atoms with Gasteiger partial charge in [-0.15, -0.1) is 0 Å². The summed E-state index contributed by atoms with van der Waals surface area (Å²) in [6, 6.07) is 28.0. The second kappa shape index (κ2) is 18.0. The van der Waals surface area contributed by atoms with E-state index >= 15 is 9.59 Å². The number of phenols is 1. The SMILES string of the molecule is COc1ccc(C23C(=O)N(Nc4ccc(Cl)cc4Cl)C(=O)C2CC2C(=CCn4c(=O)n(CCc5nc6cc(OC)c(OC)cc6n(C)c5=O)c(=O)n42)C3c2ccc(OCc3ccccc3)cc2O)cc1. The van der Waals surface area contributed by atoms with Crippen LogP contribution in [0.25, 0.3) is 11.0 Å². The van der Waals surface area contributed by atoms with Crippen LogP contribution in [-0.2, 0) is 48.2 Å². The maximum atomic E-state index is 15.7. The van der Waals surface area contributed by atoms with E-state index in [0.717, 1.165) is 15.1 Å². The molecule has 0 spiro atoms. The number of methoxy groups -OCH3 is 3. The van der Waals surface area contributed by atoms with Gasteiger partial charge in [0, 0.05) is 54.7 Å². The summed E-state index contributed by atoms with van der Waals surface area (Å²) in [6.07, 6.45) is 1.58. The maximum absolute atomic E-state index is 15.7. The third-order valence-electron chi connectivity index (χ3n) is 13.7. The first-order valence-electron chi connectivity index (χ1n) is 22.3. The van der Waals surface area contributed by atoms with E-state index in [9.17, 15) is 19.5 Å². The molecule has 5 aromatic carbocycles. The Labute approximate surface area is 409 Å². The molecule has 2 amide bonds. The van der Waals surface area contributed by atoms with Gasteiger partial charge in [0.25, 0.3) is 17.4 Å². The van der Waals surface area contributed by atoms with Crippen LogP contribution in [0.3, 0.4) is 0 Å². The number of anilines is 1. The van der Waals surface area contributed by atoms with E-state index < -0.39 is 52.0 Å². The second-order valence-electron chi connectivity index (χ2n) is 17.3. The van der Waals surface area contributed by atoms with Gasteiger partial charge in [0.05, 0.1) is 67.0 Å². The van der Waals surface area contributed by atoms with Gasteiger partial charge in [-0.05, 0) is 59.5 Å². The summed E-state index contributed by atoms with van der Waals surface area (Å²) in [5.74, 6) is -2.19. The van der Waals surface area contributed by atoms with Gasteiger partial charge < -0.3 is 28.6 Å². The Morgan fingerprint density at radius 1 is 0.829 bits per heavy atom. The molecule has 7 aromatic rings. The summed E-state index contributed by atoms with van der Waals surface area (Å²) in [5.41, 5.74) is 2.82. The number of phenolic OH excluding ortho intramolecular Hbond substituents is 1. The fourth-order valence-electron chi connectivity index (χ4n) is 10.4. The summed E-state index contributed by atoms with van der Waals surface area (Å²) < 4.78 is 27.6. The van der Waals surface area contributed by atoms with Crippen molar-refractivity contribution in [2.45, 2.75) is 49.9 Å². The van der Waals surface area contributed by atoms with Crippen LogP contribution in [0.15, 0.2) is 129 Å². The van der Waals surface area contributed by atoms with Crippen LogP contribution in [0.2, 0.25) is 10.0 Å². The second-order valence-corrected chi connectivity index (χ2v) is 18.1. The zero-order chi connectivity index (χ0) is 49.2. The topological polar surface area (TPSA) is 190 Å². The van der Waals surface area contributed by atoms with E-state index in [2.05, 4.69) is 10.4 Å². The van der Waals surface area contributed by atoms with Crippen molar-refractivity contribution in [1.82, 2.24) is 28.5 Å². The number of hydrogen-bond acceptors (Lipinski definition) is 12. The zero-order valence-electron chi connectivity index (χ0n) is 38.2. The number of amides is 2. The molecular weight excluding hydrogens is 942 g/mol. The minimum atomic E-state index is -1.76. The van der Waals surface area contributed by atoms with Crippen molar-refractivity contribution < 1.29 is 33.6 Å². The van der Waals surface area contributed by atoms with E-state index in [1.807, 2.05) is 30.3 Å². The van der Waals surface area contributed by atoms with Gasteiger partial charge in [0.1, 0.15) is 29.5 Å². The molecule has 10 rings (SSSR count). The molecule has 1 aliphatic carbocycles. The van der Waals surface area contributed by atoms with E-state index in [1.165, 1.54) is 47.4 Å². The van der Waals surface area contributed by atoms with Crippen molar-refractivity contribution in [1.29, 1.82) is 0 Å². The molecule has 2 aliphatic heterocycles. The van der Waals surface area contributed by atoms with Crippen LogP contribution >= 0.6 is 23.2 Å². The Morgan fingerprint density at radius 2 is 1.56 bits per heavy atom. The van der Waals surface area contributed by atoms with Gasteiger partial charge in [-0.25, -0.2) is 28.5 Å². The Morgan fingerprint density at radius 3 is 2.26 bits per heavy atom. The van der Waals surface area contributed by atoms with Crippen molar-refractivity contribution in [2.24, 2.45) is 13.0 Å². The number of halogens is 2. The largest absolute Gasteiger partial charge is 0.508 e. The maximum Gasteiger partial charge on any atom is 0.347 e. The number of carbonyl (C=O) groups is 2. The van der Waals surface area contributed by atoms with E-state index in [4.69, 9.17) is 42.1 Å². The molecule has 0 bridgehead atoms. The number of aromatic hydroxyl groups is 1. The van der Waals surface area contributed by atoms with E-state index in [0.29, 0.717) is 50.2 Å². The number of nitrogens with one attached hydrogen (secondary N) is 1. The number of hydrogen-bond donors (Lipinski definition) is 2. The highest BCUT2D eigenvalue weighted by Gasteiger charge is 2.69. The number of allylic oxidation sites excluding steroid dienone is 2. The summed E-state index contributed by atoms with van der Waals surface area (Å²) in [5, 5.41) is 13.6. The standard InChI is InChI=1S/C51H45Cl2N7O10/c1-56-41-26-44(69-4)43(68-3)25-39(41)54-38(47(56)63)19-20-57-49(65)58-21-18-33-40(60(58)50(57)66)24-35-46(62)59(55-37-17-12-30(52)22-36(37)53)48(64)51(35,29-10-13-31(67-2)14-11-29)45(33)34-16-15-32(23-42(34)61)70-27-28-8-6-5-7-9-28/h5-18,22-23,25-26,35,40,45,55,61H,19-21,24,27H2,1-4H3. The zero-order valence-corrected chi connectivity index (χ0v) is 39.7. The van der Waals surface area contributed by atoms with Crippen LogP contribution in [-0.4, -0.2) is 66.7 Å². The average Bonchev–Trinajstić information content (AvgIpc) is 3.74. The lowest BCUT2D eigenvalue weighted by Gasteiger charge is -2.49. The fraction of sp³-hybridized carbons (Fsp3) is 0.255. The molecule has 2 N–H and O–H groups in total. The van der Waals surface area contributed by atoms with Crippen LogP contribution in [0, 0.1) is 5.92 Å². The van der Waals surface area contributed by atoms with E-state index in [-0.39, 0.29) is 60.3 Å². The lowest BCUT2D eigenvalue weighted by molar-refractivity contribution is -0.138. The summed E-state index contributed by atoms with van der Waals surface area (Å²) in [6.45, 7) is -0.103. The Balaban J connectivity index is 1.10. The normalized spacial score (nSPS) is 19.3. The molecule has 0 radical (unpaired) electrons. The van der Waals surface area contributed by atoms with Crippen molar-refractivity contribution in [3.63, 3.8) is 0 Å². The quantitative estimate of drug-likeness (QED) is 0.0940. The van der Waals surface area contributed by atoms with Gasteiger partial charge in [0.15, 0.2) is 11.5 Å². The number of carbonyl (C=O) groups excluding carboxylic acids is 2. The molecule has 3 aliphatic rings.